The number of hydrogen-bond acceptors (Lipinski definition) is 6. The molecule has 0 unspecified atom stereocenters. The van der Waals surface area contributed by atoms with Crippen molar-refractivity contribution in [3.8, 4) is 0 Å². The van der Waals surface area contributed by atoms with Crippen molar-refractivity contribution < 1.29 is 8.42 Å². The summed E-state index contributed by atoms with van der Waals surface area (Å²) in [6.45, 7) is 0. The van der Waals surface area contributed by atoms with E-state index in [0.717, 1.165) is 11.3 Å². The largest absolute Gasteiger partial charge is 0.398 e. The molecule has 1 aromatic carbocycles. The Morgan fingerprint density at radius 2 is 2.18 bits per heavy atom. The number of nitrogens with zero attached hydrogens (tertiary/aromatic N) is 2. The summed E-state index contributed by atoms with van der Waals surface area (Å²) in [5, 5.41) is 7.49. The Bertz CT molecular complexity index is 627. The minimum absolute atomic E-state index is 0.0203. The van der Waals surface area contributed by atoms with E-state index in [1.807, 2.05) is 0 Å². The van der Waals surface area contributed by atoms with E-state index in [2.05, 4.69) is 14.9 Å². The highest BCUT2D eigenvalue weighted by atomic mass is 35.5. The first-order valence-corrected chi connectivity index (χ1v) is 7.07. The van der Waals surface area contributed by atoms with Crippen molar-refractivity contribution in [1.29, 1.82) is 0 Å². The fraction of sp³-hybridized carbons (Fsp3) is 0. The molecule has 2 aromatic rings. The van der Waals surface area contributed by atoms with Crippen molar-refractivity contribution in [3.05, 3.63) is 28.7 Å². The monoisotopic (exact) mass is 290 g/mol. The van der Waals surface area contributed by atoms with E-state index in [4.69, 9.17) is 17.3 Å². The lowest BCUT2D eigenvalue weighted by atomic mass is 10.3. The Morgan fingerprint density at radius 1 is 1.41 bits per heavy atom. The summed E-state index contributed by atoms with van der Waals surface area (Å²) < 4.78 is 26.1. The van der Waals surface area contributed by atoms with Gasteiger partial charge >= 0.3 is 0 Å². The number of hydrogen-bond donors (Lipinski definition) is 2. The second-order valence-corrected chi connectivity index (χ2v) is 5.96. The first-order chi connectivity index (χ1) is 7.99. The maximum atomic E-state index is 11.9. The van der Waals surface area contributed by atoms with Crippen molar-refractivity contribution >= 4 is 43.8 Å². The van der Waals surface area contributed by atoms with Gasteiger partial charge in [0.2, 0.25) is 5.13 Å². The van der Waals surface area contributed by atoms with Crippen LogP contribution in [0.1, 0.15) is 0 Å². The zero-order valence-electron chi connectivity index (χ0n) is 8.29. The summed E-state index contributed by atoms with van der Waals surface area (Å²) in [6.07, 6.45) is 0. The predicted octanol–water partition coefficient (Wildman–Crippen LogP) is 1.57. The van der Waals surface area contributed by atoms with E-state index in [9.17, 15) is 8.42 Å². The molecule has 2 rings (SSSR count). The van der Waals surface area contributed by atoms with E-state index < -0.39 is 10.0 Å². The summed E-state index contributed by atoms with van der Waals surface area (Å²) in [5.74, 6) is 0. The molecule has 0 amide bonds. The molecule has 0 saturated carbocycles. The third kappa shape index (κ3) is 2.65. The molecule has 6 nitrogen and oxygen atoms in total. The fourth-order valence-corrected chi connectivity index (χ4v) is 3.03. The van der Waals surface area contributed by atoms with E-state index in [1.165, 1.54) is 23.7 Å². The summed E-state index contributed by atoms with van der Waals surface area (Å²) in [5.41, 5.74) is 7.25. The molecule has 90 valence electrons. The lowest BCUT2D eigenvalue weighted by molar-refractivity contribution is 0.601. The molecular formula is C8H7ClN4O2S2. The average molecular weight is 291 g/mol. The van der Waals surface area contributed by atoms with Crippen molar-refractivity contribution in [1.82, 2.24) is 10.2 Å². The standard InChI is InChI=1S/C8H7ClN4O2S2/c9-6-3-5(1-2-7(6)10)17(14,15)13-8-12-11-4-16-8/h1-4H,10H2,(H,12,13). The third-order valence-corrected chi connectivity index (χ3v) is 4.26. The van der Waals surface area contributed by atoms with E-state index in [0.29, 0.717) is 5.69 Å². The number of rotatable bonds is 3. The Labute approximate surface area is 106 Å². The van der Waals surface area contributed by atoms with Gasteiger partial charge in [-0.3, -0.25) is 4.72 Å². The number of sulfonamides is 1. The molecule has 1 heterocycles. The number of nitrogen functional groups attached to an aromatic ring is 1. The maximum absolute atomic E-state index is 11.9. The molecule has 0 aliphatic heterocycles. The first kappa shape index (κ1) is 12.1. The lowest BCUT2D eigenvalue weighted by Gasteiger charge is -2.05. The van der Waals surface area contributed by atoms with Crippen LogP contribution >= 0.6 is 22.9 Å². The minimum atomic E-state index is -3.70. The van der Waals surface area contributed by atoms with Crippen LogP contribution in [0, 0.1) is 0 Å². The van der Waals surface area contributed by atoms with Crippen molar-refractivity contribution in [2.24, 2.45) is 0 Å². The molecule has 0 radical (unpaired) electrons. The second-order valence-electron chi connectivity index (χ2n) is 3.03. The van der Waals surface area contributed by atoms with Gasteiger partial charge in [0.25, 0.3) is 10.0 Å². The molecule has 1 aromatic heterocycles. The van der Waals surface area contributed by atoms with E-state index in [1.54, 1.807) is 0 Å². The van der Waals surface area contributed by atoms with E-state index >= 15 is 0 Å². The van der Waals surface area contributed by atoms with E-state index in [-0.39, 0.29) is 15.0 Å². The normalized spacial score (nSPS) is 11.4. The molecule has 9 heteroatoms. The van der Waals surface area contributed by atoms with Gasteiger partial charge in [-0.2, -0.15) is 0 Å². The van der Waals surface area contributed by atoms with Crippen LogP contribution in [0.5, 0.6) is 0 Å². The van der Waals surface area contributed by atoms with Crippen LogP contribution in [-0.4, -0.2) is 18.6 Å². The van der Waals surface area contributed by atoms with Crippen LogP contribution in [0.25, 0.3) is 0 Å². The van der Waals surface area contributed by atoms with Gasteiger partial charge in [-0.05, 0) is 18.2 Å². The van der Waals surface area contributed by atoms with Crippen LogP contribution in [0.15, 0.2) is 28.6 Å². The average Bonchev–Trinajstić information content (AvgIpc) is 2.73. The summed E-state index contributed by atoms with van der Waals surface area (Å²) in [4.78, 5) is 0.0203. The number of benzene rings is 1. The number of anilines is 2. The molecule has 3 N–H and O–H groups in total. The van der Waals surface area contributed by atoms with Crippen LogP contribution in [0.4, 0.5) is 10.8 Å². The minimum Gasteiger partial charge on any atom is -0.398 e. The predicted molar refractivity (Wildman–Crippen MR) is 66.6 cm³/mol. The van der Waals surface area contributed by atoms with Crippen LogP contribution < -0.4 is 10.5 Å². The van der Waals surface area contributed by atoms with Gasteiger partial charge in [-0.25, -0.2) is 8.42 Å². The highest BCUT2D eigenvalue weighted by Crippen LogP contribution is 2.24. The molecule has 0 fully saturated rings. The third-order valence-electron chi connectivity index (χ3n) is 1.86. The number of nitrogens with two attached hydrogens (primary N) is 1. The quantitative estimate of drug-likeness (QED) is 0.836. The Kier molecular flexibility index (Phi) is 3.18. The Balaban J connectivity index is 2.35. The number of halogens is 1. The number of nitrogens with one attached hydrogen (secondary N) is 1. The molecule has 0 bridgehead atoms. The molecule has 0 spiro atoms. The van der Waals surface area contributed by atoms with Gasteiger partial charge in [-0.1, -0.05) is 22.9 Å². The SMILES string of the molecule is Nc1ccc(S(=O)(=O)Nc2nncs2)cc1Cl. The molecule has 0 atom stereocenters. The molecular weight excluding hydrogens is 284 g/mol. The van der Waals surface area contributed by atoms with Gasteiger partial charge in [0, 0.05) is 0 Å². The van der Waals surface area contributed by atoms with Gasteiger partial charge < -0.3 is 5.73 Å². The maximum Gasteiger partial charge on any atom is 0.263 e. The van der Waals surface area contributed by atoms with Gasteiger partial charge in [0.1, 0.15) is 5.51 Å². The highest BCUT2D eigenvalue weighted by molar-refractivity contribution is 7.93. The first-order valence-electron chi connectivity index (χ1n) is 4.33. The summed E-state index contributed by atoms with van der Waals surface area (Å²) in [7, 11) is -3.70. The summed E-state index contributed by atoms with van der Waals surface area (Å²) in [6, 6.07) is 4.07. The summed E-state index contributed by atoms with van der Waals surface area (Å²) >= 11 is 6.84. The highest BCUT2D eigenvalue weighted by Gasteiger charge is 2.16. The fourth-order valence-electron chi connectivity index (χ4n) is 1.07. The van der Waals surface area contributed by atoms with Gasteiger partial charge in [0.15, 0.2) is 0 Å². The smallest absolute Gasteiger partial charge is 0.263 e. The molecule has 0 aliphatic carbocycles. The Morgan fingerprint density at radius 3 is 2.76 bits per heavy atom. The topological polar surface area (TPSA) is 98.0 Å². The molecule has 0 saturated heterocycles. The van der Waals surface area contributed by atoms with Crippen molar-refractivity contribution in [3.63, 3.8) is 0 Å². The van der Waals surface area contributed by atoms with Crippen molar-refractivity contribution in [2.75, 3.05) is 10.5 Å². The van der Waals surface area contributed by atoms with Crippen molar-refractivity contribution in [2.45, 2.75) is 4.90 Å². The van der Waals surface area contributed by atoms with Crippen LogP contribution in [-0.2, 0) is 10.0 Å². The zero-order chi connectivity index (χ0) is 12.5. The second kappa shape index (κ2) is 4.47. The van der Waals surface area contributed by atoms with Crippen LogP contribution in [0.3, 0.4) is 0 Å². The van der Waals surface area contributed by atoms with Crippen LogP contribution in [0.2, 0.25) is 5.02 Å². The number of aromatic nitrogens is 2. The molecule has 0 aliphatic rings. The molecule has 17 heavy (non-hydrogen) atoms. The Hall–Kier alpha value is -1.38. The zero-order valence-corrected chi connectivity index (χ0v) is 10.7. The van der Waals surface area contributed by atoms with Gasteiger partial charge in [-0.15, -0.1) is 10.2 Å². The van der Waals surface area contributed by atoms with Gasteiger partial charge in [0.05, 0.1) is 15.6 Å². The lowest BCUT2D eigenvalue weighted by Crippen LogP contribution is -2.13.